The van der Waals surface area contributed by atoms with Gasteiger partial charge in [-0.1, -0.05) is 12.1 Å². The Kier molecular flexibility index (Phi) is 3.19. The number of aromatic nitrogens is 2. The largest absolute Gasteiger partial charge is 0.478 e. The van der Waals surface area contributed by atoms with Crippen LogP contribution in [0.2, 0.25) is 0 Å². The number of fused-ring (bicyclic) bond motifs is 1. The zero-order chi connectivity index (χ0) is 14.8. The lowest BCUT2D eigenvalue weighted by atomic mass is 10.2. The first-order valence-electron chi connectivity index (χ1n) is 6.15. The predicted octanol–water partition coefficient (Wildman–Crippen LogP) is 3.21. The van der Waals surface area contributed by atoms with Crippen LogP contribution in [-0.2, 0) is 0 Å². The summed E-state index contributed by atoms with van der Waals surface area (Å²) >= 11 is 0. The van der Waals surface area contributed by atoms with Crippen LogP contribution in [0.3, 0.4) is 0 Å². The molecule has 2 N–H and O–H groups in total. The number of hydrogen-bond donors (Lipinski definition) is 2. The third-order valence-corrected chi connectivity index (χ3v) is 2.92. The van der Waals surface area contributed by atoms with Crippen LogP contribution < -0.4 is 5.32 Å². The van der Waals surface area contributed by atoms with E-state index in [1.807, 2.05) is 24.3 Å². The molecule has 0 atom stereocenters. The number of nitrogens with zero attached hydrogens (tertiary/aromatic N) is 2. The fraction of sp³-hybridized carbons (Fsp3) is 0. The van der Waals surface area contributed by atoms with Crippen molar-refractivity contribution >= 4 is 28.5 Å². The molecule has 1 heterocycles. The molecule has 0 bridgehead atoms. The number of anilines is 2. The van der Waals surface area contributed by atoms with Gasteiger partial charge in [0.15, 0.2) is 0 Å². The Morgan fingerprint density at radius 2 is 1.90 bits per heavy atom. The molecule has 0 unspecified atom stereocenters. The van der Waals surface area contributed by atoms with Crippen molar-refractivity contribution in [1.82, 2.24) is 9.97 Å². The zero-order valence-corrected chi connectivity index (χ0v) is 10.7. The zero-order valence-electron chi connectivity index (χ0n) is 10.7. The molecule has 0 aliphatic heterocycles. The normalized spacial score (nSPS) is 10.5. The van der Waals surface area contributed by atoms with Gasteiger partial charge in [0, 0.05) is 5.69 Å². The number of carboxylic acid groups (broad SMARTS) is 1. The molecular formula is C15H10FN3O2. The first-order chi connectivity index (χ1) is 10.1. The van der Waals surface area contributed by atoms with Crippen molar-refractivity contribution < 1.29 is 14.3 Å². The van der Waals surface area contributed by atoms with Crippen LogP contribution in [0.15, 0.2) is 48.7 Å². The number of carbonyl (C=O) groups is 1. The average molecular weight is 283 g/mol. The number of nitrogens with one attached hydrogen (secondary N) is 1. The van der Waals surface area contributed by atoms with E-state index in [-0.39, 0.29) is 5.56 Å². The van der Waals surface area contributed by atoms with E-state index in [4.69, 9.17) is 5.11 Å². The van der Waals surface area contributed by atoms with Crippen molar-refractivity contribution in [3.63, 3.8) is 0 Å². The Morgan fingerprint density at radius 3 is 2.62 bits per heavy atom. The van der Waals surface area contributed by atoms with Crippen molar-refractivity contribution in [2.24, 2.45) is 0 Å². The Balaban J connectivity index is 1.91. The molecule has 3 rings (SSSR count). The van der Waals surface area contributed by atoms with Crippen LogP contribution in [-0.4, -0.2) is 21.0 Å². The Morgan fingerprint density at radius 1 is 1.14 bits per heavy atom. The van der Waals surface area contributed by atoms with E-state index in [0.717, 1.165) is 11.6 Å². The molecule has 5 nitrogen and oxygen atoms in total. The minimum atomic E-state index is -1.30. The number of halogens is 1. The van der Waals surface area contributed by atoms with Crippen LogP contribution in [0.25, 0.3) is 11.0 Å². The fourth-order valence-electron chi connectivity index (χ4n) is 1.93. The number of para-hydroxylation sites is 2. The standard InChI is InChI=1S/C15H10FN3O2/c16-11-7-9(5-6-10(11)15(20)21)18-14-8-17-12-3-1-2-4-13(12)19-14/h1-8H,(H,18,19)(H,20,21). The number of carboxylic acids is 1. The van der Waals surface area contributed by atoms with Gasteiger partial charge in [-0.25, -0.2) is 14.2 Å². The second kappa shape index (κ2) is 5.16. The van der Waals surface area contributed by atoms with Gasteiger partial charge >= 0.3 is 5.97 Å². The van der Waals surface area contributed by atoms with Crippen LogP contribution in [0.5, 0.6) is 0 Å². The van der Waals surface area contributed by atoms with E-state index >= 15 is 0 Å². The van der Waals surface area contributed by atoms with E-state index in [1.165, 1.54) is 18.3 Å². The minimum Gasteiger partial charge on any atom is -0.478 e. The van der Waals surface area contributed by atoms with Crippen molar-refractivity contribution in [2.45, 2.75) is 0 Å². The van der Waals surface area contributed by atoms with E-state index < -0.39 is 11.8 Å². The van der Waals surface area contributed by atoms with Gasteiger partial charge in [-0.15, -0.1) is 0 Å². The lowest BCUT2D eigenvalue weighted by molar-refractivity contribution is 0.0692. The smallest absolute Gasteiger partial charge is 0.338 e. The molecule has 0 amide bonds. The van der Waals surface area contributed by atoms with E-state index in [9.17, 15) is 9.18 Å². The number of aromatic carboxylic acids is 1. The van der Waals surface area contributed by atoms with Gasteiger partial charge < -0.3 is 10.4 Å². The van der Waals surface area contributed by atoms with Crippen molar-refractivity contribution in [2.75, 3.05) is 5.32 Å². The second-order valence-corrected chi connectivity index (χ2v) is 4.37. The monoisotopic (exact) mass is 283 g/mol. The van der Waals surface area contributed by atoms with Crippen molar-refractivity contribution in [1.29, 1.82) is 0 Å². The predicted molar refractivity (Wildman–Crippen MR) is 76.2 cm³/mol. The summed E-state index contributed by atoms with van der Waals surface area (Å²) in [4.78, 5) is 19.3. The molecule has 2 aromatic carbocycles. The number of hydrogen-bond acceptors (Lipinski definition) is 4. The van der Waals surface area contributed by atoms with Crippen LogP contribution in [0.1, 0.15) is 10.4 Å². The average Bonchev–Trinajstić information content (AvgIpc) is 2.47. The Hall–Kier alpha value is -3.02. The highest BCUT2D eigenvalue weighted by Crippen LogP contribution is 2.19. The van der Waals surface area contributed by atoms with Gasteiger partial charge in [-0.2, -0.15) is 0 Å². The molecule has 104 valence electrons. The molecular weight excluding hydrogens is 273 g/mol. The molecule has 0 radical (unpaired) electrons. The van der Waals surface area contributed by atoms with Gasteiger partial charge in [0.05, 0.1) is 22.8 Å². The Bertz CT molecular complexity index is 836. The highest BCUT2D eigenvalue weighted by Gasteiger charge is 2.10. The lowest BCUT2D eigenvalue weighted by Crippen LogP contribution is -2.02. The minimum absolute atomic E-state index is 0.370. The van der Waals surface area contributed by atoms with Gasteiger partial charge in [0.2, 0.25) is 0 Å². The van der Waals surface area contributed by atoms with Gasteiger partial charge in [0.25, 0.3) is 0 Å². The summed E-state index contributed by atoms with van der Waals surface area (Å²) in [5.74, 6) is -1.65. The first-order valence-corrected chi connectivity index (χ1v) is 6.15. The third kappa shape index (κ3) is 2.64. The summed E-state index contributed by atoms with van der Waals surface area (Å²) in [6.45, 7) is 0. The van der Waals surface area contributed by atoms with Crippen molar-refractivity contribution in [3.05, 3.63) is 60.0 Å². The SMILES string of the molecule is O=C(O)c1ccc(Nc2cnc3ccccc3n2)cc1F. The molecule has 3 aromatic rings. The molecule has 0 spiro atoms. The van der Waals surface area contributed by atoms with Gasteiger partial charge in [-0.05, 0) is 30.3 Å². The molecule has 21 heavy (non-hydrogen) atoms. The van der Waals surface area contributed by atoms with Crippen LogP contribution in [0, 0.1) is 5.82 Å². The summed E-state index contributed by atoms with van der Waals surface area (Å²) in [5, 5.41) is 11.7. The number of benzene rings is 2. The van der Waals surface area contributed by atoms with Crippen LogP contribution >= 0.6 is 0 Å². The third-order valence-electron chi connectivity index (χ3n) is 2.92. The maximum atomic E-state index is 13.6. The maximum Gasteiger partial charge on any atom is 0.338 e. The first kappa shape index (κ1) is 13.0. The molecule has 0 aliphatic carbocycles. The topological polar surface area (TPSA) is 75.1 Å². The maximum absolute atomic E-state index is 13.6. The number of rotatable bonds is 3. The summed E-state index contributed by atoms with van der Waals surface area (Å²) < 4.78 is 13.6. The molecule has 1 aromatic heterocycles. The molecule has 0 aliphatic rings. The van der Waals surface area contributed by atoms with E-state index in [0.29, 0.717) is 17.0 Å². The van der Waals surface area contributed by atoms with Crippen molar-refractivity contribution in [3.8, 4) is 0 Å². The molecule has 0 saturated carbocycles. The molecule has 0 saturated heterocycles. The van der Waals surface area contributed by atoms with Crippen LogP contribution in [0.4, 0.5) is 15.9 Å². The van der Waals surface area contributed by atoms with E-state index in [1.54, 1.807) is 0 Å². The van der Waals surface area contributed by atoms with Gasteiger partial charge in [-0.3, -0.25) is 4.98 Å². The fourth-order valence-corrected chi connectivity index (χ4v) is 1.93. The summed E-state index contributed by atoms with van der Waals surface area (Å²) in [5.41, 5.74) is 1.51. The van der Waals surface area contributed by atoms with Gasteiger partial charge in [0.1, 0.15) is 11.6 Å². The second-order valence-electron chi connectivity index (χ2n) is 4.37. The quantitative estimate of drug-likeness (QED) is 0.772. The highest BCUT2D eigenvalue weighted by molar-refractivity contribution is 5.88. The molecule has 0 fully saturated rings. The van der Waals surface area contributed by atoms with E-state index in [2.05, 4.69) is 15.3 Å². The Labute approximate surface area is 119 Å². The summed E-state index contributed by atoms with van der Waals surface area (Å²) in [6, 6.07) is 11.2. The highest BCUT2D eigenvalue weighted by atomic mass is 19.1. The summed E-state index contributed by atoms with van der Waals surface area (Å²) in [6.07, 6.45) is 1.53. The summed E-state index contributed by atoms with van der Waals surface area (Å²) in [7, 11) is 0. The lowest BCUT2D eigenvalue weighted by Gasteiger charge is -2.07. The molecule has 6 heteroatoms.